The van der Waals surface area contributed by atoms with Gasteiger partial charge in [-0.3, -0.25) is 4.79 Å². The Bertz CT molecular complexity index is 673. The molecule has 1 heterocycles. The summed E-state index contributed by atoms with van der Waals surface area (Å²) in [6.45, 7) is 2.56. The van der Waals surface area contributed by atoms with Gasteiger partial charge in [0.15, 0.2) is 0 Å². The van der Waals surface area contributed by atoms with Crippen molar-refractivity contribution in [2.45, 2.75) is 32.2 Å². The van der Waals surface area contributed by atoms with Crippen LogP contribution in [-0.2, 0) is 10.0 Å². The smallest absolute Gasteiger partial charge is 0.254 e. The van der Waals surface area contributed by atoms with Crippen molar-refractivity contribution >= 4 is 27.5 Å². The van der Waals surface area contributed by atoms with Crippen LogP contribution in [0.2, 0.25) is 5.02 Å². The molecule has 0 saturated carbocycles. The second-order valence-corrected chi connectivity index (χ2v) is 8.11. The van der Waals surface area contributed by atoms with Crippen molar-refractivity contribution in [1.82, 2.24) is 9.62 Å². The number of carbonyl (C=O) groups is 1. The lowest BCUT2D eigenvalue weighted by Gasteiger charge is -2.31. The number of nitrogens with one attached hydrogen (secondary N) is 1. The normalized spacial score (nSPS) is 17.2. The highest BCUT2D eigenvalue weighted by Crippen LogP contribution is 2.18. The number of carbonyl (C=O) groups excluding carboxylic acids is 1. The van der Waals surface area contributed by atoms with E-state index in [0.717, 1.165) is 6.07 Å². The molecule has 1 aromatic rings. The average molecular weight is 363 g/mol. The van der Waals surface area contributed by atoms with Gasteiger partial charge in [-0.2, -0.15) is 0 Å². The van der Waals surface area contributed by atoms with Gasteiger partial charge in [0.25, 0.3) is 5.91 Å². The van der Waals surface area contributed by atoms with Gasteiger partial charge in [0.05, 0.1) is 11.3 Å². The first-order valence-electron chi connectivity index (χ1n) is 7.57. The first-order valence-corrected chi connectivity index (χ1v) is 9.56. The van der Waals surface area contributed by atoms with E-state index in [-0.39, 0.29) is 22.4 Å². The number of rotatable bonds is 5. The predicted octanol–water partition coefficient (Wildman–Crippen LogP) is 2.41. The highest BCUT2D eigenvalue weighted by Gasteiger charge is 2.28. The third-order valence-electron chi connectivity index (χ3n) is 3.82. The van der Waals surface area contributed by atoms with E-state index in [0.29, 0.717) is 32.4 Å². The number of halogens is 2. The molecule has 128 valence electrons. The first kappa shape index (κ1) is 18.2. The minimum atomic E-state index is -3.21. The number of hydrogen-bond donors (Lipinski definition) is 1. The number of hydrogen-bond acceptors (Lipinski definition) is 3. The van der Waals surface area contributed by atoms with Crippen LogP contribution in [0.3, 0.4) is 0 Å². The molecule has 1 aliphatic heterocycles. The zero-order chi connectivity index (χ0) is 17.0. The summed E-state index contributed by atoms with van der Waals surface area (Å²) in [5.74, 6) is -1.02. The Morgan fingerprint density at radius 1 is 1.39 bits per heavy atom. The van der Waals surface area contributed by atoms with Crippen molar-refractivity contribution in [3.05, 3.63) is 34.6 Å². The Balaban J connectivity index is 1.94. The molecule has 0 aliphatic carbocycles. The maximum Gasteiger partial charge on any atom is 0.254 e. The predicted molar refractivity (Wildman–Crippen MR) is 87.5 cm³/mol. The third-order valence-corrected chi connectivity index (χ3v) is 6.13. The molecule has 0 unspecified atom stereocenters. The molecule has 0 bridgehead atoms. The van der Waals surface area contributed by atoms with Gasteiger partial charge < -0.3 is 5.32 Å². The quantitative estimate of drug-likeness (QED) is 0.874. The summed E-state index contributed by atoms with van der Waals surface area (Å²) in [5, 5.41) is 3.04. The highest BCUT2D eigenvalue weighted by atomic mass is 35.5. The summed E-state index contributed by atoms with van der Waals surface area (Å²) in [6, 6.07) is 3.64. The fourth-order valence-electron chi connectivity index (χ4n) is 2.60. The molecule has 8 heteroatoms. The van der Waals surface area contributed by atoms with Crippen molar-refractivity contribution in [2.24, 2.45) is 0 Å². The molecule has 1 saturated heterocycles. The number of nitrogens with zero attached hydrogens (tertiary/aromatic N) is 1. The van der Waals surface area contributed by atoms with Gasteiger partial charge in [0.1, 0.15) is 5.82 Å². The molecule has 23 heavy (non-hydrogen) atoms. The van der Waals surface area contributed by atoms with Crippen LogP contribution in [0, 0.1) is 5.82 Å². The van der Waals surface area contributed by atoms with Crippen LogP contribution in [0.25, 0.3) is 0 Å². The summed E-state index contributed by atoms with van der Waals surface area (Å²) in [7, 11) is -3.21. The van der Waals surface area contributed by atoms with E-state index in [9.17, 15) is 17.6 Å². The highest BCUT2D eigenvalue weighted by molar-refractivity contribution is 7.89. The van der Waals surface area contributed by atoms with Crippen LogP contribution in [0.15, 0.2) is 18.2 Å². The third kappa shape index (κ3) is 4.65. The number of sulfonamides is 1. The molecule has 1 N–H and O–H groups in total. The molecular weight excluding hydrogens is 343 g/mol. The minimum Gasteiger partial charge on any atom is -0.349 e. The van der Waals surface area contributed by atoms with Crippen LogP contribution in [0.5, 0.6) is 0 Å². The molecule has 2 rings (SSSR count). The van der Waals surface area contributed by atoms with E-state index in [1.165, 1.54) is 16.4 Å². The van der Waals surface area contributed by atoms with Crippen molar-refractivity contribution < 1.29 is 17.6 Å². The average Bonchev–Trinajstić information content (AvgIpc) is 2.50. The number of piperidine rings is 1. The molecule has 1 aliphatic rings. The van der Waals surface area contributed by atoms with Crippen LogP contribution >= 0.6 is 11.6 Å². The molecule has 0 atom stereocenters. The van der Waals surface area contributed by atoms with Gasteiger partial charge >= 0.3 is 0 Å². The van der Waals surface area contributed by atoms with Crippen molar-refractivity contribution in [3.8, 4) is 0 Å². The van der Waals surface area contributed by atoms with E-state index in [2.05, 4.69) is 5.32 Å². The second-order valence-electron chi connectivity index (χ2n) is 5.59. The van der Waals surface area contributed by atoms with Gasteiger partial charge in [-0.05, 0) is 37.5 Å². The Labute approximate surface area is 140 Å². The lowest BCUT2D eigenvalue weighted by Crippen LogP contribution is -2.47. The fourth-order valence-corrected chi connectivity index (χ4v) is 4.31. The lowest BCUT2D eigenvalue weighted by atomic mass is 10.1. The SMILES string of the molecule is CCCS(=O)(=O)N1CCC(NC(=O)c2cc(Cl)ccc2F)CC1. The number of benzene rings is 1. The first-order chi connectivity index (χ1) is 10.8. The minimum absolute atomic E-state index is 0.0986. The molecule has 5 nitrogen and oxygen atoms in total. The Morgan fingerprint density at radius 3 is 2.65 bits per heavy atom. The molecule has 0 spiro atoms. The van der Waals surface area contributed by atoms with Gasteiger partial charge in [0, 0.05) is 24.2 Å². The van der Waals surface area contributed by atoms with Gasteiger partial charge in [0.2, 0.25) is 10.0 Å². The number of amides is 1. The second kappa shape index (κ2) is 7.59. The van der Waals surface area contributed by atoms with E-state index in [1.54, 1.807) is 0 Å². The van der Waals surface area contributed by atoms with E-state index >= 15 is 0 Å². The van der Waals surface area contributed by atoms with Gasteiger partial charge in [-0.1, -0.05) is 18.5 Å². The standard InChI is InChI=1S/C15H20ClFN2O3S/c1-2-9-23(21,22)19-7-5-12(6-8-19)18-15(20)13-10-11(16)3-4-14(13)17/h3-4,10,12H,2,5-9H2,1H3,(H,18,20). The van der Waals surface area contributed by atoms with Crippen molar-refractivity contribution in [2.75, 3.05) is 18.8 Å². The summed E-state index contributed by atoms with van der Waals surface area (Å²) >= 11 is 5.78. The topological polar surface area (TPSA) is 66.5 Å². The van der Waals surface area contributed by atoms with E-state index in [4.69, 9.17) is 11.6 Å². The lowest BCUT2D eigenvalue weighted by molar-refractivity contribution is 0.0920. The Morgan fingerprint density at radius 2 is 2.04 bits per heavy atom. The van der Waals surface area contributed by atoms with Crippen LogP contribution in [-0.4, -0.2) is 43.5 Å². The maximum absolute atomic E-state index is 13.7. The van der Waals surface area contributed by atoms with E-state index < -0.39 is 21.7 Å². The molecular formula is C15H20ClFN2O3S. The maximum atomic E-state index is 13.7. The van der Waals surface area contributed by atoms with Gasteiger partial charge in [-0.15, -0.1) is 0 Å². The molecule has 1 amide bonds. The van der Waals surface area contributed by atoms with E-state index in [1.807, 2.05) is 6.92 Å². The molecule has 1 aromatic carbocycles. The van der Waals surface area contributed by atoms with Crippen LogP contribution in [0.4, 0.5) is 4.39 Å². The largest absolute Gasteiger partial charge is 0.349 e. The zero-order valence-corrected chi connectivity index (χ0v) is 14.5. The Hall–Kier alpha value is -1.18. The molecule has 0 radical (unpaired) electrons. The van der Waals surface area contributed by atoms with Crippen LogP contribution < -0.4 is 5.32 Å². The fraction of sp³-hybridized carbons (Fsp3) is 0.533. The zero-order valence-electron chi connectivity index (χ0n) is 12.9. The molecule has 1 fully saturated rings. The Kier molecular flexibility index (Phi) is 6.00. The summed E-state index contributed by atoms with van der Waals surface area (Å²) < 4.78 is 39.1. The summed E-state index contributed by atoms with van der Waals surface area (Å²) in [5.41, 5.74) is -0.0986. The summed E-state index contributed by atoms with van der Waals surface area (Å²) in [4.78, 5) is 12.1. The van der Waals surface area contributed by atoms with Crippen LogP contribution in [0.1, 0.15) is 36.5 Å². The van der Waals surface area contributed by atoms with Gasteiger partial charge in [-0.25, -0.2) is 17.1 Å². The monoisotopic (exact) mass is 362 g/mol. The van der Waals surface area contributed by atoms with Crippen molar-refractivity contribution in [1.29, 1.82) is 0 Å². The summed E-state index contributed by atoms with van der Waals surface area (Å²) in [6.07, 6.45) is 1.60. The van der Waals surface area contributed by atoms with Crippen molar-refractivity contribution in [3.63, 3.8) is 0 Å². The molecule has 0 aromatic heterocycles.